The summed E-state index contributed by atoms with van der Waals surface area (Å²) < 4.78 is 5.31. The van der Waals surface area contributed by atoms with E-state index in [1.54, 1.807) is 11.8 Å². The maximum atomic E-state index is 12.0. The minimum Gasteiger partial charge on any atom is -0.481 e. The summed E-state index contributed by atoms with van der Waals surface area (Å²) in [6.07, 6.45) is 0.690. The van der Waals surface area contributed by atoms with Crippen LogP contribution >= 0.6 is 11.8 Å². The third kappa shape index (κ3) is 4.58. The highest BCUT2D eigenvalue weighted by atomic mass is 32.2. The van der Waals surface area contributed by atoms with E-state index in [1.807, 2.05) is 20.8 Å². The lowest BCUT2D eigenvalue weighted by molar-refractivity contribution is -0.148. The minimum absolute atomic E-state index is 0.252. The van der Waals surface area contributed by atoms with E-state index in [2.05, 4.69) is 6.92 Å². The molecule has 1 amide bonds. The van der Waals surface area contributed by atoms with Crippen molar-refractivity contribution < 1.29 is 19.4 Å². The Bertz CT molecular complexity index is 367. The first-order valence-corrected chi connectivity index (χ1v) is 8.15. The lowest BCUT2D eigenvalue weighted by Crippen LogP contribution is -2.39. The molecule has 5 nitrogen and oxygen atoms in total. The van der Waals surface area contributed by atoms with Crippen molar-refractivity contribution in [3.05, 3.63) is 0 Å². The Balaban J connectivity index is 2.65. The fraction of sp³-hybridized carbons (Fsp3) is 0.857. The van der Waals surface area contributed by atoms with Crippen LogP contribution in [-0.4, -0.2) is 52.3 Å². The summed E-state index contributed by atoms with van der Waals surface area (Å²) in [5.41, 5.74) is -1.36. The summed E-state index contributed by atoms with van der Waals surface area (Å²) in [4.78, 5) is 25.1. The second-order valence-electron chi connectivity index (χ2n) is 6.18. The first-order valence-electron chi connectivity index (χ1n) is 6.99. The Morgan fingerprint density at radius 1 is 1.40 bits per heavy atom. The Morgan fingerprint density at radius 3 is 2.55 bits per heavy atom. The zero-order chi connectivity index (χ0) is 15.4. The number of likely N-dealkylation sites (tertiary alicyclic amines) is 1. The smallest absolute Gasteiger partial charge is 0.410 e. The van der Waals surface area contributed by atoms with Crippen molar-refractivity contribution in [2.24, 2.45) is 5.41 Å². The van der Waals surface area contributed by atoms with Gasteiger partial charge in [-0.25, -0.2) is 4.79 Å². The van der Waals surface area contributed by atoms with Gasteiger partial charge in [-0.2, -0.15) is 11.8 Å². The number of amides is 1. The van der Waals surface area contributed by atoms with Crippen LogP contribution in [-0.2, 0) is 9.53 Å². The fourth-order valence-electron chi connectivity index (χ4n) is 2.25. The van der Waals surface area contributed by atoms with Gasteiger partial charge in [0.05, 0.1) is 5.41 Å². The summed E-state index contributed by atoms with van der Waals surface area (Å²) in [7, 11) is 0. The van der Waals surface area contributed by atoms with Crippen molar-refractivity contribution in [2.75, 3.05) is 24.6 Å². The number of ether oxygens (including phenoxy) is 1. The predicted octanol–water partition coefficient (Wildman–Crippen LogP) is 2.84. The summed E-state index contributed by atoms with van der Waals surface area (Å²) >= 11 is 1.73. The van der Waals surface area contributed by atoms with Crippen molar-refractivity contribution in [1.82, 2.24) is 4.90 Å². The van der Waals surface area contributed by atoms with Crippen LogP contribution in [0.15, 0.2) is 0 Å². The first kappa shape index (κ1) is 17.1. The second-order valence-corrected chi connectivity index (χ2v) is 7.58. The summed E-state index contributed by atoms with van der Waals surface area (Å²) in [5, 5.41) is 9.51. The number of carbonyl (C=O) groups excluding carboxylic acids is 1. The summed E-state index contributed by atoms with van der Waals surface area (Å²) in [6.45, 7) is 8.19. The number of carbonyl (C=O) groups is 2. The average molecular weight is 303 g/mol. The van der Waals surface area contributed by atoms with Gasteiger partial charge in [-0.15, -0.1) is 0 Å². The third-order valence-corrected chi connectivity index (χ3v) is 4.29. The molecule has 0 aromatic rings. The van der Waals surface area contributed by atoms with Gasteiger partial charge in [0.2, 0.25) is 0 Å². The Labute approximate surface area is 125 Å². The molecule has 6 heteroatoms. The molecule has 1 N–H and O–H groups in total. The van der Waals surface area contributed by atoms with Gasteiger partial charge in [0.1, 0.15) is 5.60 Å². The van der Waals surface area contributed by atoms with Crippen molar-refractivity contribution in [1.29, 1.82) is 0 Å². The molecule has 0 spiro atoms. The number of carboxylic acid groups (broad SMARTS) is 1. The summed E-state index contributed by atoms with van der Waals surface area (Å²) in [5.74, 6) is 0.983. The molecule has 0 bridgehead atoms. The normalized spacial score (nSPS) is 22.9. The second kappa shape index (κ2) is 6.70. The zero-order valence-corrected chi connectivity index (χ0v) is 13.6. The largest absolute Gasteiger partial charge is 0.481 e. The Hall–Kier alpha value is -0.910. The van der Waals surface area contributed by atoms with Crippen LogP contribution in [0.5, 0.6) is 0 Å². The van der Waals surface area contributed by atoms with E-state index in [0.717, 1.165) is 11.5 Å². The van der Waals surface area contributed by atoms with Crippen LogP contribution in [0.3, 0.4) is 0 Å². The highest BCUT2D eigenvalue weighted by molar-refractivity contribution is 7.99. The zero-order valence-electron chi connectivity index (χ0n) is 12.8. The van der Waals surface area contributed by atoms with Gasteiger partial charge in [-0.05, 0) is 45.1 Å². The minimum atomic E-state index is -0.806. The van der Waals surface area contributed by atoms with Crippen LogP contribution in [0, 0.1) is 5.41 Å². The van der Waals surface area contributed by atoms with Crippen molar-refractivity contribution in [2.45, 2.75) is 46.1 Å². The molecule has 1 heterocycles. The van der Waals surface area contributed by atoms with Crippen LogP contribution in [0.25, 0.3) is 0 Å². The number of rotatable bonds is 5. The molecule has 0 aromatic heterocycles. The lowest BCUT2D eigenvalue weighted by Gasteiger charge is -2.27. The summed E-state index contributed by atoms with van der Waals surface area (Å²) in [6, 6.07) is 0. The maximum Gasteiger partial charge on any atom is 0.410 e. The van der Waals surface area contributed by atoms with Crippen molar-refractivity contribution in [3.63, 3.8) is 0 Å². The molecule has 0 aliphatic carbocycles. The van der Waals surface area contributed by atoms with E-state index in [-0.39, 0.29) is 6.54 Å². The molecule has 1 atom stereocenters. The van der Waals surface area contributed by atoms with Gasteiger partial charge in [0.15, 0.2) is 0 Å². The molecule has 20 heavy (non-hydrogen) atoms. The van der Waals surface area contributed by atoms with Gasteiger partial charge in [0.25, 0.3) is 0 Å². The number of hydrogen-bond acceptors (Lipinski definition) is 4. The fourth-order valence-corrected chi connectivity index (χ4v) is 3.08. The highest BCUT2D eigenvalue weighted by Gasteiger charge is 2.46. The SMILES string of the molecule is CCSCCC1(C(=O)O)CCN(C(=O)OC(C)(C)C)C1. The Morgan fingerprint density at radius 2 is 2.05 bits per heavy atom. The van der Waals surface area contributed by atoms with Crippen molar-refractivity contribution in [3.8, 4) is 0 Å². The van der Waals surface area contributed by atoms with E-state index in [9.17, 15) is 14.7 Å². The van der Waals surface area contributed by atoms with Gasteiger partial charge in [-0.3, -0.25) is 4.79 Å². The van der Waals surface area contributed by atoms with Gasteiger partial charge >= 0.3 is 12.1 Å². The predicted molar refractivity (Wildman–Crippen MR) is 80.1 cm³/mol. The molecule has 1 unspecified atom stereocenters. The quantitative estimate of drug-likeness (QED) is 0.791. The first-order chi connectivity index (χ1) is 9.20. The number of nitrogens with zero attached hydrogens (tertiary/aromatic N) is 1. The average Bonchev–Trinajstić information content (AvgIpc) is 2.73. The molecule has 1 saturated heterocycles. The molecular formula is C14H25NO4S. The third-order valence-electron chi connectivity index (χ3n) is 3.39. The molecule has 0 aromatic carbocycles. The van der Waals surface area contributed by atoms with E-state index in [4.69, 9.17) is 4.74 Å². The standard InChI is InChI=1S/C14H25NO4S/c1-5-20-9-7-14(11(16)17)6-8-15(10-14)12(18)19-13(2,3)4/h5-10H2,1-4H3,(H,16,17). The molecule has 0 radical (unpaired) electrons. The van der Waals surface area contributed by atoms with E-state index in [1.165, 1.54) is 4.90 Å². The van der Waals surface area contributed by atoms with E-state index < -0.39 is 23.1 Å². The van der Waals surface area contributed by atoms with Crippen LogP contribution in [0.2, 0.25) is 0 Å². The number of thioether (sulfide) groups is 1. The van der Waals surface area contributed by atoms with Crippen molar-refractivity contribution >= 4 is 23.8 Å². The number of hydrogen-bond donors (Lipinski definition) is 1. The van der Waals surface area contributed by atoms with Gasteiger partial charge < -0.3 is 14.7 Å². The molecule has 1 rings (SSSR count). The number of carboxylic acids is 1. The van der Waals surface area contributed by atoms with E-state index >= 15 is 0 Å². The van der Waals surface area contributed by atoms with Gasteiger partial charge in [-0.1, -0.05) is 6.92 Å². The Kier molecular flexibility index (Phi) is 5.74. The monoisotopic (exact) mass is 303 g/mol. The maximum absolute atomic E-state index is 12.0. The molecule has 0 saturated carbocycles. The molecule has 116 valence electrons. The number of aliphatic carboxylic acids is 1. The highest BCUT2D eigenvalue weighted by Crippen LogP contribution is 2.36. The van der Waals surface area contributed by atoms with Crippen LogP contribution in [0.1, 0.15) is 40.5 Å². The van der Waals surface area contributed by atoms with E-state index in [0.29, 0.717) is 19.4 Å². The topological polar surface area (TPSA) is 66.8 Å². The molecular weight excluding hydrogens is 278 g/mol. The lowest BCUT2D eigenvalue weighted by atomic mass is 9.84. The molecule has 1 fully saturated rings. The van der Waals surface area contributed by atoms with Crippen LogP contribution in [0.4, 0.5) is 4.79 Å². The molecule has 1 aliphatic heterocycles. The van der Waals surface area contributed by atoms with Crippen LogP contribution < -0.4 is 0 Å². The molecule has 1 aliphatic rings. The van der Waals surface area contributed by atoms with Gasteiger partial charge in [0, 0.05) is 13.1 Å².